The summed E-state index contributed by atoms with van der Waals surface area (Å²) >= 11 is 0. The number of esters is 1. The molecule has 1 rings (SSSR count). The van der Waals surface area contributed by atoms with Crippen molar-refractivity contribution >= 4 is 5.97 Å². The van der Waals surface area contributed by atoms with Crippen LogP contribution in [0.5, 0.6) is 0 Å². The first kappa shape index (κ1) is 22.6. The molecule has 0 saturated carbocycles. The smallest absolute Gasteiger partial charge is 0.320 e. The zero-order chi connectivity index (χ0) is 18.7. The van der Waals surface area contributed by atoms with Crippen LogP contribution in [0.2, 0.25) is 0 Å². The van der Waals surface area contributed by atoms with E-state index in [1.54, 1.807) is 0 Å². The number of unbranched alkanes of at least 4 members (excludes halogenated alkanes) is 6. The molecule has 0 atom stereocenters. The normalized spacial score (nSPS) is 10.8. The van der Waals surface area contributed by atoms with Crippen LogP contribution < -0.4 is 16.4 Å². The van der Waals surface area contributed by atoms with Crippen molar-refractivity contribution in [1.29, 1.82) is 0 Å². The molecule has 0 saturated heterocycles. The first-order valence-corrected chi connectivity index (χ1v) is 10.1. The predicted molar refractivity (Wildman–Crippen MR) is 108 cm³/mol. The maximum Gasteiger partial charge on any atom is 0.320 e. The van der Waals surface area contributed by atoms with Crippen LogP contribution in [0.15, 0.2) is 30.3 Å². The Morgan fingerprint density at radius 3 is 2.00 bits per heavy atom. The molecule has 1 aromatic carbocycles. The van der Waals surface area contributed by atoms with Gasteiger partial charge in [-0.15, -0.1) is 0 Å². The zero-order valence-electron chi connectivity index (χ0n) is 16.2. The van der Waals surface area contributed by atoms with E-state index in [9.17, 15) is 4.79 Å². The average Bonchev–Trinajstić information content (AvgIpc) is 2.67. The molecule has 0 heterocycles. The van der Waals surface area contributed by atoms with Gasteiger partial charge in [-0.2, -0.15) is 0 Å². The fourth-order valence-corrected chi connectivity index (χ4v) is 2.71. The Morgan fingerprint density at radius 1 is 0.808 bits per heavy atom. The highest BCUT2D eigenvalue weighted by atomic mass is 16.5. The quantitative estimate of drug-likeness (QED) is 0.293. The van der Waals surface area contributed by atoms with E-state index in [4.69, 9.17) is 10.5 Å². The molecule has 148 valence electrons. The monoisotopic (exact) mass is 363 g/mol. The molecular formula is C21H37N3O2. The Balaban J connectivity index is 1.78. The highest BCUT2D eigenvalue weighted by molar-refractivity contribution is 5.71. The van der Waals surface area contributed by atoms with E-state index in [0.717, 1.165) is 44.6 Å². The van der Waals surface area contributed by atoms with Gasteiger partial charge >= 0.3 is 5.97 Å². The molecule has 0 aromatic heterocycles. The van der Waals surface area contributed by atoms with E-state index in [1.807, 2.05) is 30.3 Å². The summed E-state index contributed by atoms with van der Waals surface area (Å²) in [6.07, 6.45) is 9.70. The highest BCUT2D eigenvalue weighted by Crippen LogP contribution is 2.01. The van der Waals surface area contributed by atoms with E-state index in [2.05, 4.69) is 10.6 Å². The summed E-state index contributed by atoms with van der Waals surface area (Å²) in [4.78, 5) is 11.6. The van der Waals surface area contributed by atoms with Gasteiger partial charge in [0.1, 0.15) is 6.61 Å². The van der Waals surface area contributed by atoms with Crippen molar-refractivity contribution in [2.45, 2.75) is 58.0 Å². The molecule has 0 bridgehead atoms. The number of ether oxygens (including phenoxy) is 1. The molecule has 0 unspecified atom stereocenters. The lowest BCUT2D eigenvalue weighted by Gasteiger charge is -2.07. The molecule has 0 spiro atoms. The number of hydrogen-bond donors (Lipinski definition) is 3. The molecule has 1 aromatic rings. The summed E-state index contributed by atoms with van der Waals surface area (Å²) < 4.78 is 5.23. The number of benzene rings is 1. The molecule has 5 nitrogen and oxygen atoms in total. The average molecular weight is 364 g/mol. The lowest BCUT2D eigenvalue weighted by atomic mass is 10.2. The van der Waals surface area contributed by atoms with E-state index in [-0.39, 0.29) is 5.97 Å². The van der Waals surface area contributed by atoms with Crippen molar-refractivity contribution in [2.75, 3.05) is 32.7 Å². The minimum atomic E-state index is -0.190. The van der Waals surface area contributed by atoms with Crippen molar-refractivity contribution in [3.8, 4) is 0 Å². The fourth-order valence-electron chi connectivity index (χ4n) is 2.71. The fraction of sp³-hybridized carbons (Fsp3) is 0.667. The molecule has 4 N–H and O–H groups in total. The number of nitrogens with one attached hydrogen (secondary N) is 2. The Morgan fingerprint density at radius 2 is 1.38 bits per heavy atom. The van der Waals surface area contributed by atoms with Crippen molar-refractivity contribution < 1.29 is 9.53 Å². The van der Waals surface area contributed by atoms with E-state index in [1.165, 1.54) is 38.5 Å². The minimum Gasteiger partial charge on any atom is -0.460 e. The molecule has 0 aliphatic heterocycles. The SMILES string of the molecule is NCCCCCCNCCCCCCNCC(=O)OCc1ccccc1. The van der Waals surface area contributed by atoms with Crippen LogP contribution in [0.4, 0.5) is 0 Å². The number of hydrogen-bond acceptors (Lipinski definition) is 5. The Bertz CT molecular complexity index is 440. The zero-order valence-corrected chi connectivity index (χ0v) is 16.2. The van der Waals surface area contributed by atoms with E-state index < -0.39 is 0 Å². The summed E-state index contributed by atoms with van der Waals surface area (Å²) in [6.45, 7) is 4.55. The molecule has 26 heavy (non-hydrogen) atoms. The van der Waals surface area contributed by atoms with Crippen LogP contribution in [0.1, 0.15) is 56.9 Å². The standard InChI is InChI=1S/C21H37N3O2/c22-14-8-1-2-9-15-23-16-10-3-4-11-17-24-18-21(25)26-19-20-12-6-5-7-13-20/h5-7,12-13,23-24H,1-4,8-11,14-19,22H2. The Labute approximate surface area is 159 Å². The van der Waals surface area contributed by atoms with Crippen LogP contribution >= 0.6 is 0 Å². The van der Waals surface area contributed by atoms with Crippen molar-refractivity contribution in [3.05, 3.63) is 35.9 Å². The predicted octanol–water partition coefficient (Wildman–Crippen LogP) is 2.99. The maximum absolute atomic E-state index is 11.6. The van der Waals surface area contributed by atoms with Gasteiger partial charge < -0.3 is 21.1 Å². The Kier molecular flexibility index (Phi) is 14.8. The number of carbonyl (C=O) groups excluding carboxylic acids is 1. The molecule has 0 aliphatic carbocycles. The summed E-state index contributed by atoms with van der Waals surface area (Å²) in [5.41, 5.74) is 6.49. The van der Waals surface area contributed by atoms with E-state index >= 15 is 0 Å². The van der Waals surface area contributed by atoms with Gasteiger partial charge in [-0.25, -0.2) is 0 Å². The van der Waals surface area contributed by atoms with Gasteiger partial charge in [0.25, 0.3) is 0 Å². The number of rotatable bonds is 17. The highest BCUT2D eigenvalue weighted by Gasteiger charge is 2.02. The van der Waals surface area contributed by atoms with Gasteiger partial charge in [0.15, 0.2) is 0 Å². The molecule has 0 aliphatic rings. The molecule has 0 amide bonds. The van der Waals surface area contributed by atoms with E-state index in [0.29, 0.717) is 13.2 Å². The molecule has 0 radical (unpaired) electrons. The van der Waals surface area contributed by atoms with Gasteiger partial charge in [0.05, 0.1) is 6.54 Å². The third-order valence-corrected chi connectivity index (χ3v) is 4.28. The van der Waals surface area contributed by atoms with Crippen molar-refractivity contribution in [2.24, 2.45) is 5.73 Å². The van der Waals surface area contributed by atoms with Crippen LogP contribution in [0, 0.1) is 0 Å². The van der Waals surface area contributed by atoms with Crippen molar-refractivity contribution in [3.63, 3.8) is 0 Å². The van der Waals surface area contributed by atoms with Gasteiger partial charge in [-0.1, -0.05) is 56.0 Å². The second-order valence-corrected chi connectivity index (χ2v) is 6.69. The van der Waals surface area contributed by atoms with Crippen LogP contribution in [-0.4, -0.2) is 38.7 Å². The summed E-state index contributed by atoms with van der Waals surface area (Å²) in [6, 6.07) is 9.75. The van der Waals surface area contributed by atoms with Crippen LogP contribution in [0.25, 0.3) is 0 Å². The summed E-state index contributed by atoms with van der Waals surface area (Å²) in [5.74, 6) is -0.190. The summed E-state index contributed by atoms with van der Waals surface area (Å²) in [7, 11) is 0. The molecular weight excluding hydrogens is 326 g/mol. The third kappa shape index (κ3) is 13.8. The maximum atomic E-state index is 11.6. The lowest BCUT2D eigenvalue weighted by molar-refractivity contribution is -0.143. The van der Waals surface area contributed by atoms with Gasteiger partial charge in [0.2, 0.25) is 0 Å². The van der Waals surface area contributed by atoms with Crippen LogP contribution in [0.3, 0.4) is 0 Å². The second-order valence-electron chi connectivity index (χ2n) is 6.69. The van der Waals surface area contributed by atoms with Crippen LogP contribution in [-0.2, 0) is 16.1 Å². The molecule has 0 fully saturated rings. The van der Waals surface area contributed by atoms with Gasteiger partial charge in [-0.3, -0.25) is 4.79 Å². The largest absolute Gasteiger partial charge is 0.460 e. The van der Waals surface area contributed by atoms with Crippen molar-refractivity contribution in [1.82, 2.24) is 10.6 Å². The summed E-state index contributed by atoms with van der Waals surface area (Å²) in [5, 5.41) is 6.66. The minimum absolute atomic E-state index is 0.190. The Hall–Kier alpha value is -1.43. The topological polar surface area (TPSA) is 76.4 Å². The first-order valence-electron chi connectivity index (χ1n) is 10.1. The number of nitrogens with two attached hydrogens (primary N) is 1. The lowest BCUT2D eigenvalue weighted by Crippen LogP contribution is -2.25. The molecule has 5 heteroatoms. The van der Waals surface area contributed by atoms with Gasteiger partial charge in [-0.05, 0) is 57.4 Å². The second kappa shape index (κ2) is 17.0. The van der Waals surface area contributed by atoms with Gasteiger partial charge in [0, 0.05) is 0 Å². The third-order valence-electron chi connectivity index (χ3n) is 4.28. The number of carbonyl (C=O) groups is 1. The first-order chi connectivity index (χ1) is 12.8.